The lowest BCUT2D eigenvalue weighted by molar-refractivity contribution is -0.136. The van der Waals surface area contributed by atoms with Gasteiger partial charge in [0.1, 0.15) is 23.7 Å². The summed E-state index contributed by atoms with van der Waals surface area (Å²) in [6, 6.07) is 12.2. The number of amides is 5. The second-order valence-electron chi connectivity index (χ2n) is 17.4. The minimum absolute atomic E-state index is 0.0131. The number of aromatic nitrogens is 2. The Morgan fingerprint density at radius 1 is 0.934 bits per heavy atom. The van der Waals surface area contributed by atoms with Crippen LogP contribution in [-0.2, 0) is 9.59 Å². The molecule has 14 nitrogen and oxygen atoms in total. The highest BCUT2D eigenvalue weighted by Crippen LogP contribution is 2.46. The average Bonchev–Trinajstić information content (AvgIpc) is 3.48. The Hall–Kier alpha value is -5.88. The van der Waals surface area contributed by atoms with Gasteiger partial charge in [0, 0.05) is 50.1 Å². The van der Waals surface area contributed by atoms with Crippen molar-refractivity contribution in [3.8, 4) is 11.8 Å². The molecule has 6 aliphatic rings. The largest absolute Gasteiger partial charge is 0.490 e. The van der Waals surface area contributed by atoms with Gasteiger partial charge in [-0.05, 0) is 113 Å². The van der Waals surface area contributed by atoms with E-state index in [1.807, 2.05) is 17.0 Å². The third-order valence-electron chi connectivity index (χ3n) is 13.4. The molecule has 2 aliphatic carbocycles. The van der Waals surface area contributed by atoms with Crippen molar-refractivity contribution in [2.45, 2.75) is 95.2 Å². The standard InChI is InChI=1S/C45H46ClFN8O6/c46-34-20-31(4-1-28(34)23-48)61-30-5-2-29(3-6-30)49-41(57)36-7-9-39(52-51-36)54-24-45(25-54)15-11-26(12-16-45)19-27-13-17-53(18-14-27)38-22-33-32(21-35(38)47)43(59)55(44(33)60)37-8-10-40(56)50-42(37)58/h1,4,7,9,11,20-22,27,29-30,37H,2-3,5-6,8,10,12-19,24-25H2,(H,49,57)(H,50,56,58). The van der Waals surface area contributed by atoms with Crippen LogP contribution in [0.1, 0.15) is 114 Å². The fourth-order valence-corrected chi connectivity index (χ4v) is 10.1. The normalized spacial score (nSPS) is 23.9. The molecule has 2 aromatic carbocycles. The van der Waals surface area contributed by atoms with Crippen LogP contribution in [0, 0.1) is 28.5 Å². The number of fused-ring (bicyclic) bond motifs is 1. The number of benzene rings is 2. The van der Waals surface area contributed by atoms with Crippen LogP contribution in [-0.4, -0.2) is 89.0 Å². The molecule has 0 radical (unpaired) electrons. The summed E-state index contributed by atoms with van der Waals surface area (Å²) < 4.78 is 21.5. The summed E-state index contributed by atoms with van der Waals surface area (Å²) in [7, 11) is 0. The van der Waals surface area contributed by atoms with Gasteiger partial charge in [0.15, 0.2) is 11.5 Å². The number of nitriles is 1. The molecule has 16 heteroatoms. The summed E-state index contributed by atoms with van der Waals surface area (Å²) in [6.07, 6.45) is 11.5. The molecule has 316 valence electrons. The van der Waals surface area contributed by atoms with Crippen LogP contribution in [0.2, 0.25) is 5.02 Å². The van der Waals surface area contributed by atoms with Crippen molar-refractivity contribution in [2.24, 2.45) is 11.3 Å². The second kappa shape index (κ2) is 16.5. The number of allylic oxidation sites excluding steroid dienone is 2. The number of imide groups is 2. The molecule has 3 saturated heterocycles. The SMILES string of the molecule is N#Cc1ccc(OC2CCC(NC(=O)c3ccc(N4CC5(CC=C(CC6CCN(c7cc8c(cc7F)C(=O)N(C7CCC(=O)NC7=O)C8=O)CC6)CC5)C4)nn3)CC2)cc1Cl. The molecule has 5 heterocycles. The molecule has 1 atom stereocenters. The highest BCUT2D eigenvalue weighted by molar-refractivity contribution is 6.31. The predicted molar refractivity (Wildman–Crippen MR) is 222 cm³/mol. The van der Waals surface area contributed by atoms with E-state index < -0.39 is 35.5 Å². The Balaban J connectivity index is 0.707. The molecule has 5 amide bonds. The molecule has 2 N–H and O–H groups in total. The van der Waals surface area contributed by atoms with E-state index in [0.29, 0.717) is 41.0 Å². The minimum atomic E-state index is -1.09. The number of rotatable bonds is 9. The number of carbonyl (C=O) groups excluding carboxylic acids is 5. The maximum atomic E-state index is 15.5. The highest BCUT2D eigenvalue weighted by Gasteiger charge is 2.46. The first-order chi connectivity index (χ1) is 29.5. The van der Waals surface area contributed by atoms with Crippen molar-refractivity contribution in [1.29, 1.82) is 5.26 Å². The smallest absolute Gasteiger partial charge is 0.272 e. The summed E-state index contributed by atoms with van der Waals surface area (Å²) in [5.74, 6) is -1.43. The van der Waals surface area contributed by atoms with Gasteiger partial charge in [-0.25, -0.2) is 4.39 Å². The Kier molecular flexibility index (Phi) is 11.0. The Morgan fingerprint density at radius 2 is 1.69 bits per heavy atom. The lowest BCUT2D eigenvalue weighted by Gasteiger charge is -2.52. The average molecular weight is 849 g/mol. The van der Waals surface area contributed by atoms with Crippen LogP contribution in [0.4, 0.5) is 15.9 Å². The van der Waals surface area contributed by atoms with Gasteiger partial charge in [-0.2, -0.15) is 5.26 Å². The number of hydrogen-bond donors (Lipinski definition) is 2. The van der Waals surface area contributed by atoms with Gasteiger partial charge in [0.25, 0.3) is 17.7 Å². The monoisotopic (exact) mass is 848 g/mol. The number of ether oxygens (including phenoxy) is 1. The molecule has 1 saturated carbocycles. The van der Waals surface area contributed by atoms with E-state index in [1.54, 1.807) is 24.3 Å². The lowest BCUT2D eigenvalue weighted by atomic mass is 9.68. The van der Waals surface area contributed by atoms with Gasteiger partial charge < -0.3 is 19.9 Å². The van der Waals surface area contributed by atoms with E-state index in [0.717, 1.165) is 94.1 Å². The highest BCUT2D eigenvalue weighted by atomic mass is 35.5. The van der Waals surface area contributed by atoms with Crippen molar-refractivity contribution in [3.63, 3.8) is 0 Å². The predicted octanol–water partition coefficient (Wildman–Crippen LogP) is 5.89. The van der Waals surface area contributed by atoms with Gasteiger partial charge >= 0.3 is 0 Å². The zero-order valence-corrected chi connectivity index (χ0v) is 34.4. The first kappa shape index (κ1) is 40.5. The number of halogens is 2. The first-order valence-electron chi connectivity index (χ1n) is 21.2. The number of nitrogens with one attached hydrogen (secondary N) is 2. The van der Waals surface area contributed by atoms with Crippen LogP contribution >= 0.6 is 11.6 Å². The van der Waals surface area contributed by atoms with E-state index in [2.05, 4.69) is 31.8 Å². The molecule has 1 aromatic heterocycles. The summed E-state index contributed by atoms with van der Waals surface area (Å²) in [4.78, 5) is 68.5. The molecule has 4 fully saturated rings. The summed E-state index contributed by atoms with van der Waals surface area (Å²) >= 11 is 6.15. The number of hydrogen-bond acceptors (Lipinski definition) is 11. The van der Waals surface area contributed by atoms with Gasteiger partial charge in [0.05, 0.1) is 33.5 Å². The van der Waals surface area contributed by atoms with Crippen molar-refractivity contribution < 1.29 is 33.1 Å². The van der Waals surface area contributed by atoms with Gasteiger partial charge in [-0.3, -0.25) is 34.2 Å². The molecular weight excluding hydrogens is 803 g/mol. The zero-order chi connectivity index (χ0) is 42.4. The topological polar surface area (TPSA) is 178 Å². The van der Waals surface area contributed by atoms with Crippen LogP contribution < -0.4 is 25.2 Å². The van der Waals surface area contributed by atoms with Gasteiger partial charge in [-0.15, -0.1) is 10.2 Å². The second-order valence-corrected chi connectivity index (χ2v) is 17.9. The molecule has 1 spiro atoms. The van der Waals surface area contributed by atoms with Crippen molar-refractivity contribution >= 4 is 52.6 Å². The summed E-state index contributed by atoms with van der Waals surface area (Å²) in [5.41, 5.74) is 2.70. The van der Waals surface area contributed by atoms with Gasteiger partial charge in [-0.1, -0.05) is 23.3 Å². The first-order valence-corrected chi connectivity index (χ1v) is 21.6. The van der Waals surface area contributed by atoms with E-state index in [-0.39, 0.29) is 53.1 Å². The zero-order valence-electron chi connectivity index (χ0n) is 33.6. The Morgan fingerprint density at radius 3 is 2.34 bits per heavy atom. The molecule has 1 unspecified atom stereocenters. The van der Waals surface area contributed by atoms with Gasteiger partial charge in [0.2, 0.25) is 11.8 Å². The van der Waals surface area contributed by atoms with E-state index >= 15 is 4.39 Å². The molecule has 9 rings (SSSR count). The maximum Gasteiger partial charge on any atom is 0.272 e. The third kappa shape index (κ3) is 8.17. The molecule has 0 bridgehead atoms. The van der Waals surface area contributed by atoms with Crippen LogP contribution in [0.5, 0.6) is 5.75 Å². The van der Waals surface area contributed by atoms with Crippen LogP contribution in [0.3, 0.4) is 0 Å². The molecule has 61 heavy (non-hydrogen) atoms. The van der Waals surface area contributed by atoms with E-state index in [9.17, 15) is 24.0 Å². The lowest BCUT2D eigenvalue weighted by Crippen LogP contribution is -2.57. The quantitative estimate of drug-likeness (QED) is 0.194. The Bertz CT molecular complexity index is 2360. The Labute approximate surface area is 357 Å². The van der Waals surface area contributed by atoms with Crippen molar-refractivity contribution in [2.75, 3.05) is 36.0 Å². The molecule has 3 aromatic rings. The minimum Gasteiger partial charge on any atom is -0.490 e. The molecular formula is C45H46ClFN8O6. The van der Waals surface area contributed by atoms with Crippen LogP contribution in [0.25, 0.3) is 0 Å². The summed E-state index contributed by atoms with van der Waals surface area (Å²) in [6.45, 7) is 3.03. The van der Waals surface area contributed by atoms with E-state index in [1.165, 1.54) is 11.6 Å². The molecule has 4 aliphatic heterocycles. The van der Waals surface area contributed by atoms with Crippen molar-refractivity contribution in [1.82, 2.24) is 25.7 Å². The number of nitrogens with zero attached hydrogens (tertiary/aromatic N) is 6. The fraction of sp³-hybridized carbons (Fsp3) is 0.467. The third-order valence-corrected chi connectivity index (χ3v) is 13.8. The number of piperidine rings is 2. The number of anilines is 2. The summed E-state index contributed by atoms with van der Waals surface area (Å²) in [5, 5.41) is 23.4. The maximum absolute atomic E-state index is 15.5. The van der Waals surface area contributed by atoms with Crippen molar-refractivity contribution in [3.05, 3.63) is 87.3 Å². The number of carbonyl (C=O) groups is 5. The van der Waals surface area contributed by atoms with E-state index in [4.69, 9.17) is 21.6 Å². The fourth-order valence-electron chi connectivity index (χ4n) is 9.91. The van der Waals surface area contributed by atoms with Crippen LogP contribution in [0.15, 0.2) is 54.1 Å².